The normalized spacial score (nSPS) is 18.3. The summed E-state index contributed by atoms with van der Waals surface area (Å²) in [7, 11) is 1.31. The molecule has 0 radical (unpaired) electrons. The molecule has 0 spiro atoms. The van der Waals surface area contributed by atoms with Gasteiger partial charge in [0.05, 0.1) is 31.3 Å². The number of ether oxygens (including phenoxy) is 1. The van der Waals surface area contributed by atoms with E-state index in [4.69, 9.17) is 0 Å². The van der Waals surface area contributed by atoms with Crippen LogP contribution in [0.15, 0.2) is 48.5 Å². The van der Waals surface area contributed by atoms with Gasteiger partial charge in [0.1, 0.15) is 5.82 Å². The zero-order valence-electron chi connectivity index (χ0n) is 16.7. The summed E-state index contributed by atoms with van der Waals surface area (Å²) in [4.78, 5) is 37.1. The summed E-state index contributed by atoms with van der Waals surface area (Å²) >= 11 is 0. The maximum absolute atomic E-state index is 13.7. The van der Waals surface area contributed by atoms with Gasteiger partial charge in [-0.25, -0.2) is 9.18 Å². The molecule has 2 aromatic carbocycles. The molecule has 0 unspecified atom stereocenters. The summed E-state index contributed by atoms with van der Waals surface area (Å²) in [5.74, 6) is -1.49. The molecule has 2 amide bonds. The molecule has 0 aliphatic carbocycles. The fraction of sp³-hybridized carbons (Fsp3) is 0.318. The number of likely N-dealkylation sites (tertiary alicyclic amines) is 1. The van der Waals surface area contributed by atoms with Crippen LogP contribution in [0.4, 0.5) is 10.1 Å². The minimum Gasteiger partial charge on any atom is -0.465 e. The highest BCUT2D eigenvalue weighted by atomic mass is 19.1. The van der Waals surface area contributed by atoms with Crippen LogP contribution in [-0.2, 0) is 9.53 Å². The largest absolute Gasteiger partial charge is 0.465 e. The lowest BCUT2D eigenvalue weighted by molar-refractivity contribution is -0.897. The van der Waals surface area contributed by atoms with Crippen molar-refractivity contribution in [3.05, 3.63) is 65.5 Å². The molecule has 0 aromatic heterocycles. The molecule has 1 heterocycles. The zero-order chi connectivity index (χ0) is 21.5. The van der Waals surface area contributed by atoms with E-state index in [1.807, 2.05) is 0 Å². The monoisotopic (exact) mass is 414 g/mol. The van der Waals surface area contributed by atoms with Crippen LogP contribution in [0.1, 0.15) is 33.6 Å². The number of hydrogen-bond donors (Lipinski definition) is 3. The number of methoxy groups -OCH3 is 1. The Kier molecular flexibility index (Phi) is 7.13. The first-order valence-electron chi connectivity index (χ1n) is 9.83. The lowest BCUT2D eigenvalue weighted by Gasteiger charge is -2.29. The highest BCUT2D eigenvalue weighted by Crippen LogP contribution is 2.10. The number of rotatable bonds is 6. The predicted molar refractivity (Wildman–Crippen MR) is 109 cm³/mol. The molecule has 8 heteroatoms. The smallest absolute Gasteiger partial charge is 0.337 e. The van der Waals surface area contributed by atoms with Crippen LogP contribution in [0.25, 0.3) is 0 Å². The number of amides is 2. The fourth-order valence-electron chi connectivity index (χ4n) is 3.50. The molecule has 158 valence electrons. The van der Waals surface area contributed by atoms with Crippen molar-refractivity contribution in [2.75, 3.05) is 32.1 Å². The van der Waals surface area contributed by atoms with Crippen LogP contribution in [-0.4, -0.2) is 50.6 Å². The molecule has 3 rings (SSSR count). The minimum atomic E-state index is -0.533. The molecule has 0 saturated carbocycles. The van der Waals surface area contributed by atoms with Crippen LogP contribution in [0.3, 0.4) is 0 Å². The second-order valence-electron chi connectivity index (χ2n) is 7.27. The third-order valence-electron chi connectivity index (χ3n) is 5.15. The predicted octanol–water partition coefficient (Wildman–Crippen LogP) is 1.03. The van der Waals surface area contributed by atoms with Crippen LogP contribution in [0.5, 0.6) is 0 Å². The van der Waals surface area contributed by atoms with E-state index in [1.165, 1.54) is 19.2 Å². The molecular formula is C22H25FN3O4+. The van der Waals surface area contributed by atoms with E-state index in [0.717, 1.165) is 30.8 Å². The van der Waals surface area contributed by atoms with E-state index in [-0.39, 0.29) is 17.5 Å². The van der Waals surface area contributed by atoms with Crippen molar-refractivity contribution in [3.8, 4) is 0 Å². The Hall–Kier alpha value is -3.26. The molecule has 1 fully saturated rings. The third kappa shape index (κ3) is 5.64. The maximum Gasteiger partial charge on any atom is 0.337 e. The number of piperidine rings is 1. The molecule has 1 aliphatic heterocycles. The van der Waals surface area contributed by atoms with E-state index < -0.39 is 17.7 Å². The quantitative estimate of drug-likeness (QED) is 0.616. The first-order chi connectivity index (χ1) is 14.5. The number of halogens is 1. The molecule has 0 atom stereocenters. The number of anilines is 1. The van der Waals surface area contributed by atoms with Gasteiger partial charge in [0.15, 0.2) is 6.54 Å². The summed E-state index contributed by atoms with van der Waals surface area (Å²) in [5.41, 5.74) is 1.07. The van der Waals surface area contributed by atoms with E-state index in [0.29, 0.717) is 17.8 Å². The van der Waals surface area contributed by atoms with Gasteiger partial charge in [0.25, 0.3) is 11.8 Å². The van der Waals surface area contributed by atoms with Crippen molar-refractivity contribution in [1.29, 1.82) is 0 Å². The Labute approximate surface area is 174 Å². The van der Waals surface area contributed by atoms with Crippen LogP contribution in [0.2, 0.25) is 0 Å². The highest BCUT2D eigenvalue weighted by molar-refractivity contribution is 5.95. The van der Waals surface area contributed by atoms with Gasteiger partial charge < -0.3 is 20.3 Å². The number of nitrogens with one attached hydrogen (secondary N) is 3. The van der Waals surface area contributed by atoms with Gasteiger partial charge in [0.2, 0.25) is 0 Å². The van der Waals surface area contributed by atoms with Gasteiger partial charge in [0, 0.05) is 24.6 Å². The van der Waals surface area contributed by atoms with Crippen LogP contribution >= 0.6 is 0 Å². The molecule has 0 bridgehead atoms. The molecule has 2 aromatic rings. The number of carbonyl (C=O) groups is 3. The summed E-state index contributed by atoms with van der Waals surface area (Å²) in [6, 6.07) is 12.4. The van der Waals surface area contributed by atoms with Gasteiger partial charge in [-0.15, -0.1) is 0 Å². The van der Waals surface area contributed by atoms with Crippen molar-refractivity contribution >= 4 is 23.5 Å². The second kappa shape index (κ2) is 9.98. The van der Waals surface area contributed by atoms with E-state index in [2.05, 4.69) is 15.4 Å². The average molecular weight is 414 g/mol. The Morgan fingerprint density at radius 3 is 2.37 bits per heavy atom. The molecule has 1 aliphatic rings. The van der Waals surface area contributed by atoms with Crippen LogP contribution < -0.4 is 15.5 Å². The van der Waals surface area contributed by atoms with Gasteiger partial charge in [-0.1, -0.05) is 12.1 Å². The number of esters is 1. The molecular weight excluding hydrogens is 389 g/mol. The number of benzene rings is 2. The minimum absolute atomic E-state index is 0.0326. The lowest BCUT2D eigenvalue weighted by atomic mass is 10.0. The second-order valence-corrected chi connectivity index (χ2v) is 7.27. The van der Waals surface area contributed by atoms with Gasteiger partial charge in [-0.05, 0) is 36.4 Å². The molecule has 7 nitrogen and oxygen atoms in total. The number of carbonyl (C=O) groups excluding carboxylic acids is 3. The van der Waals surface area contributed by atoms with Gasteiger partial charge >= 0.3 is 5.97 Å². The topological polar surface area (TPSA) is 88.9 Å². The number of quaternary nitrogens is 1. The lowest BCUT2D eigenvalue weighted by Crippen LogP contribution is -3.14. The summed E-state index contributed by atoms with van der Waals surface area (Å²) in [6.45, 7) is 1.78. The molecule has 1 saturated heterocycles. The van der Waals surface area contributed by atoms with Crippen molar-refractivity contribution in [2.24, 2.45) is 0 Å². The highest BCUT2D eigenvalue weighted by Gasteiger charge is 2.26. The fourth-order valence-corrected chi connectivity index (χ4v) is 3.50. The first kappa shape index (κ1) is 21.4. The van der Waals surface area contributed by atoms with E-state index in [9.17, 15) is 18.8 Å². The van der Waals surface area contributed by atoms with E-state index >= 15 is 0 Å². The Morgan fingerprint density at radius 1 is 1.07 bits per heavy atom. The third-order valence-corrected chi connectivity index (χ3v) is 5.15. The molecule has 3 N–H and O–H groups in total. The standard InChI is InChI=1S/C22H24FN3O4/c1-30-22(29)15-6-8-16(9-7-15)24-20(27)14-26-12-10-17(11-13-26)25-21(28)18-4-2-3-5-19(18)23/h2-9,17H,10-14H2,1H3,(H,24,27)(H,25,28)/p+1. The van der Waals surface area contributed by atoms with Crippen LogP contribution in [0, 0.1) is 5.82 Å². The Balaban J connectivity index is 1.43. The van der Waals surface area contributed by atoms with Gasteiger partial charge in [-0.3, -0.25) is 9.59 Å². The SMILES string of the molecule is COC(=O)c1ccc(NC(=O)C[NH+]2CCC(NC(=O)c3ccccc3F)CC2)cc1. The summed E-state index contributed by atoms with van der Waals surface area (Å²) in [5, 5.41) is 5.70. The number of hydrogen-bond acceptors (Lipinski definition) is 4. The van der Waals surface area contributed by atoms with Crippen molar-refractivity contribution in [2.45, 2.75) is 18.9 Å². The zero-order valence-corrected chi connectivity index (χ0v) is 16.7. The summed E-state index contributed by atoms with van der Waals surface area (Å²) in [6.07, 6.45) is 1.44. The first-order valence-corrected chi connectivity index (χ1v) is 9.83. The molecule has 30 heavy (non-hydrogen) atoms. The van der Waals surface area contributed by atoms with Crippen molar-refractivity contribution < 1.29 is 28.4 Å². The average Bonchev–Trinajstić information content (AvgIpc) is 2.75. The summed E-state index contributed by atoms with van der Waals surface area (Å²) < 4.78 is 18.4. The van der Waals surface area contributed by atoms with E-state index in [1.54, 1.807) is 36.4 Å². The van der Waals surface area contributed by atoms with Crippen molar-refractivity contribution in [3.63, 3.8) is 0 Å². The van der Waals surface area contributed by atoms with Gasteiger partial charge in [-0.2, -0.15) is 0 Å². The maximum atomic E-state index is 13.7. The Morgan fingerprint density at radius 2 is 1.73 bits per heavy atom. The van der Waals surface area contributed by atoms with Crippen molar-refractivity contribution in [1.82, 2.24) is 5.32 Å². The Bertz CT molecular complexity index is 909.